The fourth-order valence-corrected chi connectivity index (χ4v) is 8.92. The maximum atomic E-state index is 10.8. The lowest BCUT2D eigenvalue weighted by atomic mass is 9.82. The molecule has 2 saturated carbocycles. The number of fused-ring (bicyclic) bond motifs is 1. The van der Waals surface area contributed by atoms with E-state index in [1.54, 1.807) is 0 Å². The number of thioether (sulfide) groups is 1. The second-order valence-electron chi connectivity index (χ2n) is 13.5. The molecule has 1 aromatic rings. The summed E-state index contributed by atoms with van der Waals surface area (Å²) in [6.45, 7) is 3.77. The monoisotopic (exact) mass is 610 g/mol. The van der Waals surface area contributed by atoms with Crippen molar-refractivity contribution in [3.63, 3.8) is 0 Å². The molecule has 0 radical (unpaired) electrons. The van der Waals surface area contributed by atoms with Gasteiger partial charge in [-0.15, -0.1) is 11.6 Å². The number of hydrogen-bond acceptors (Lipinski definition) is 4. The molecule has 0 amide bonds. The van der Waals surface area contributed by atoms with Crippen LogP contribution < -0.4 is 0 Å². The Morgan fingerprint density at radius 1 is 1.14 bits per heavy atom. The summed E-state index contributed by atoms with van der Waals surface area (Å²) in [6.07, 6.45) is 22.2. The van der Waals surface area contributed by atoms with E-state index in [9.17, 15) is 15.3 Å². The molecule has 4 atom stereocenters. The molecule has 0 saturated heterocycles. The molecule has 4 nitrogen and oxygen atoms in total. The standard InChI is InChI=1S/C36H49ClNO3S/c1-35(2,41)31-10-5-4-8-26(31)14-18-33(42-24-36(19-20-36)23-34(39)40)28-9-6-7-25(21-28)11-16-30-17-13-27-12-15-29(37)22-32(27)38(30)3/h6-11,13,16-17,21,27,29,32-34,39-41H,4-5,12,14-15,18-20,22-24H2,1-3H3/q+1. The maximum Gasteiger partial charge on any atom is 0.199 e. The van der Waals surface area contributed by atoms with Gasteiger partial charge in [0.25, 0.3) is 0 Å². The van der Waals surface area contributed by atoms with Crippen LogP contribution in [0.15, 0.2) is 65.8 Å². The molecular formula is C36H49ClNO3S+. The average molecular weight is 611 g/mol. The average Bonchev–Trinajstić information content (AvgIpc) is 3.71. The number of hydrogen-bond donors (Lipinski definition) is 3. The fourth-order valence-electron chi connectivity index (χ4n) is 7.03. The van der Waals surface area contributed by atoms with Crippen LogP contribution in [-0.2, 0) is 0 Å². The van der Waals surface area contributed by atoms with Crippen molar-refractivity contribution in [1.82, 2.24) is 0 Å². The van der Waals surface area contributed by atoms with Crippen LogP contribution in [-0.4, -0.2) is 61.7 Å². The van der Waals surface area contributed by atoms with Crippen LogP contribution in [0.3, 0.4) is 0 Å². The van der Waals surface area contributed by atoms with Gasteiger partial charge in [0.1, 0.15) is 7.05 Å². The van der Waals surface area contributed by atoms with E-state index < -0.39 is 11.9 Å². The predicted molar refractivity (Wildman–Crippen MR) is 177 cm³/mol. The molecule has 1 heterocycles. The van der Waals surface area contributed by atoms with E-state index in [0.29, 0.717) is 18.4 Å². The first-order valence-corrected chi connectivity index (χ1v) is 17.3. The van der Waals surface area contributed by atoms with E-state index in [-0.39, 0.29) is 16.0 Å². The molecule has 0 bridgehead atoms. The molecule has 0 aromatic heterocycles. The minimum Gasteiger partial charge on any atom is -0.386 e. The van der Waals surface area contributed by atoms with Gasteiger partial charge in [0.2, 0.25) is 0 Å². The Bertz CT molecular complexity index is 1270. The summed E-state index contributed by atoms with van der Waals surface area (Å²) in [5.41, 5.74) is 5.27. The number of nitrogens with zero attached hydrogens (tertiary/aromatic N) is 1. The zero-order valence-electron chi connectivity index (χ0n) is 25.5. The summed E-state index contributed by atoms with van der Waals surface area (Å²) in [6, 6.07) is 9.38. The van der Waals surface area contributed by atoms with Crippen LogP contribution in [0.4, 0.5) is 0 Å². The zero-order chi connectivity index (χ0) is 29.9. The van der Waals surface area contributed by atoms with Crippen molar-refractivity contribution in [3.05, 3.63) is 76.9 Å². The second kappa shape index (κ2) is 13.6. The Balaban J connectivity index is 1.33. The van der Waals surface area contributed by atoms with Crippen LogP contribution in [0.1, 0.15) is 94.4 Å². The van der Waals surface area contributed by atoms with E-state index in [1.807, 2.05) is 25.6 Å². The smallest absolute Gasteiger partial charge is 0.199 e. The first-order chi connectivity index (χ1) is 20.0. The summed E-state index contributed by atoms with van der Waals surface area (Å²) in [5.74, 6) is 1.52. The lowest BCUT2D eigenvalue weighted by Gasteiger charge is -2.31. The van der Waals surface area contributed by atoms with Crippen molar-refractivity contribution >= 4 is 35.2 Å². The highest BCUT2D eigenvalue weighted by Gasteiger charge is 2.44. The third kappa shape index (κ3) is 8.09. The summed E-state index contributed by atoms with van der Waals surface area (Å²) >= 11 is 8.49. The molecule has 1 aliphatic heterocycles. The van der Waals surface area contributed by atoms with Crippen molar-refractivity contribution in [2.75, 3.05) is 12.8 Å². The number of allylic oxidation sites excluding steroid dienone is 4. The summed E-state index contributed by atoms with van der Waals surface area (Å²) < 4.78 is 2.41. The topological polar surface area (TPSA) is 63.7 Å². The van der Waals surface area contributed by atoms with Gasteiger partial charge in [-0.1, -0.05) is 42.5 Å². The van der Waals surface area contributed by atoms with E-state index in [2.05, 4.69) is 72.3 Å². The molecule has 42 heavy (non-hydrogen) atoms. The molecule has 1 aromatic carbocycles. The zero-order valence-corrected chi connectivity index (χ0v) is 27.1. The minimum atomic E-state index is -1.24. The minimum absolute atomic E-state index is 0.0460. The Labute approximate surface area is 262 Å². The molecule has 3 N–H and O–H groups in total. The Morgan fingerprint density at radius 3 is 2.67 bits per heavy atom. The molecule has 3 aliphatic carbocycles. The van der Waals surface area contributed by atoms with Crippen LogP contribution in [0.5, 0.6) is 0 Å². The van der Waals surface area contributed by atoms with Crippen LogP contribution in [0, 0.1) is 11.3 Å². The first kappa shape index (κ1) is 31.8. The summed E-state index contributed by atoms with van der Waals surface area (Å²) in [5, 5.41) is 30.7. The highest BCUT2D eigenvalue weighted by atomic mass is 35.5. The molecule has 5 rings (SSSR count). The van der Waals surface area contributed by atoms with Crippen LogP contribution in [0.25, 0.3) is 6.08 Å². The molecule has 2 fully saturated rings. The number of halogens is 1. The summed E-state index contributed by atoms with van der Waals surface area (Å²) in [7, 11) is 2.20. The van der Waals surface area contributed by atoms with Gasteiger partial charge in [-0.05, 0) is 105 Å². The predicted octanol–water partition coefficient (Wildman–Crippen LogP) is 7.58. The van der Waals surface area contributed by atoms with E-state index >= 15 is 0 Å². The number of aliphatic hydroxyl groups is 3. The molecular weight excluding hydrogens is 562 g/mol. The lowest BCUT2D eigenvalue weighted by Crippen LogP contribution is -2.41. The van der Waals surface area contributed by atoms with E-state index in [1.165, 1.54) is 28.8 Å². The number of rotatable bonds is 12. The summed E-state index contributed by atoms with van der Waals surface area (Å²) in [4.78, 5) is 0. The SMILES string of the molecule is C[N+]1=C(C=Cc2cccc(C(CCC3=CCCC=C3C(C)(C)O)SCC3(CC(O)O)CC3)c2)C=CC2CCC(Cl)CC21. The van der Waals surface area contributed by atoms with Crippen molar-refractivity contribution in [2.45, 2.75) is 107 Å². The van der Waals surface area contributed by atoms with Crippen molar-refractivity contribution in [1.29, 1.82) is 0 Å². The van der Waals surface area contributed by atoms with Gasteiger partial charge in [0.05, 0.1) is 5.60 Å². The third-order valence-electron chi connectivity index (χ3n) is 9.70. The van der Waals surface area contributed by atoms with E-state index in [4.69, 9.17) is 11.6 Å². The van der Waals surface area contributed by atoms with Gasteiger partial charge in [-0.25, -0.2) is 4.58 Å². The largest absolute Gasteiger partial charge is 0.386 e. The van der Waals surface area contributed by atoms with Gasteiger partial charge in [0.15, 0.2) is 18.0 Å². The van der Waals surface area contributed by atoms with Crippen molar-refractivity contribution in [2.24, 2.45) is 11.3 Å². The Morgan fingerprint density at radius 2 is 1.93 bits per heavy atom. The lowest BCUT2D eigenvalue weighted by molar-refractivity contribution is -0.548. The van der Waals surface area contributed by atoms with Crippen LogP contribution in [0.2, 0.25) is 0 Å². The molecule has 4 unspecified atom stereocenters. The van der Waals surface area contributed by atoms with Crippen molar-refractivity contribution in [3.8, 4) is 0 Å². The van der Waals surface area contributed by atoms with E-state index in [0.717, 1.165) is 62.7 Å². The van der Waals surface area contributed by atoms with Gasteiger partial charge < -0.3 is 15.3 Å². The Hall–Kier alpha value is -1.63. The maximum absolute atomic E-state index is 10.8. The number of benzene rings is 1. The van der Waals surface area contributed by atoms with Crippen molar-refractivity contribution < 1.29 is 19.9 Å². The molecule has 4 aliphatic rings. The quantitative estimate of drug-likeness (QED) is 0.130. The molecule has 6 heteroatoms. The van der Waals surface area contributed by atoms with Crippen LogP contribution >= 0.6 is 23.4 Å². The third-order valence-corrected chi connectivity index (χ3v) is 11.8. The second-order valence-corrected chi connectivity index (χ2v) is 15.4. The van der Waals surface area contributed by atoms with Gasteiger partial charge >= 0.3 is 0 Å². The fraction of sp³-hybridized carbons (Fsp3) is 0.583. The number of aliphatic hydroxyl groups excluding tert-OH is 1. The van der Waals surface area contributed by atoms with Gasteiger partial charge in [-0.2, -0.15) is 11.8 Å². The highest BCUT2D eigenvalue weighted by Crippen LogP contribution is 2.54. The van der Waals surface area contributed by atoms with Gasteiger partial charge in [0, 0.05) is 41.5 Å². The Kier molecular flexibility index (Phi) is 10.3. The highest BCUT2D eigenvalue weighted by molar-refractivity contribution is 7.99. The van der Waals surface area contributed by atoms with Gasteiger partial charge in [-0.3, -0.25) is 0 Å². The first-order valence-electron chi connectivity index (χ1n) is 15.8. The normalized spacial score (nSPS) is 26.3. The molecule has 0 spiro atoms. The number of alkyl halides is 1. The molecule has 228 valence electrons.